The molecule has 0 rings (SSSR count). The molecule has 0 unspecified atom stereocenters. The summed E-state index contributed by atoms with van der Waals surface area (Å²) in [6.45, 7) is 3.32. The van der Waals surface area contributed by atoms with Gasteiger partial charge in [0.15, 0.2) is 0 Å². The van der Waals surface area contributed by atoms with Gasteiger partial charge in [-0.1, -0.05) is 6.58 Å². The number of aliphatic hydroxyl groups is 1. The molecule has 0 saturated heterocycles. The summed E-state index contributed by atoms with van der Waals surface area (Å²) >= 11 is 0. The first kappa shape index (κ1) is 5.08. The molecule has 0 saturated carbocycles. The highest BCUT2D eigenvalue weighted by atomic mass is 16.2. The topological polar surface area (TPSA) is 32.3 Å². The molecule has 0 aromatic rings. The Morgan fingerprint density at radius 3 is 2.50 bits per heavy atom. The van der Waals surface area contributed by atoms with E-state index in [4.69, 9.17) is 5.11 Å². The summed E-state index contributed by atoms with van der Waals surface area (Å²) in [5, 5.41) is 10.4. The smallest absolute Gasteiger partial charge is 0.0951 e. The van der Waals surface area contributed by atoms with Gasteiger partial charge >= 0.3 is 0 Å². The zero-order valence-electron chi connectivity index (χ0n) is 3.39. The SMILES string of the molecule is C=CN/C=C\O. The monoisotopic (exact) mass is 85.1 g/mol. The third-order valence-electron chi connectivity index (χ3n) is 0.289. The average Bonchev–Trinajstić information content (AvgIpc) is 1.61. The lowest BCUT2D eigenvalue weighted by Gasteiger charge is -1.78. The minimum absolute atomic E-state index is 0.904. The summed E-state index contributed by atoms with van der Waals surface area (Å²) in [4.78, 5) is 0. The van der Waals surface area contributed by atoms with Gasteiger partial charge in [-0.15, -0.1) is 0 Å². The zero-order chi connectivity index (χ0) is 4.83. The van der Waals surface area contributed by atoms with E-state index >= 15 is 0 Å². The van der Waals surface area contributed by atoms with Crippen LogP contribution >= 0.6 is 0 Å². The van der Waals surface area contributed by atoms with Crippen molar-refractivity contribution in [2.24, 2.45) is 0 Å². The Bertz CT molecular complexity index is 58.6. The number of hydrogen-bond donors (Lipinski definition) is 2. The van der Waals surface area contributed by atoms with E-state index in [0.29, 0.717) is 0 Å². The summed E-state index contributed by atoms with van der Waals surface area (Å²) in [5.74, 6) is 0. The number of hydrogen-bond acceptors (Lipinski definition) is 2. The Kier molecular flexibility index (Phi) is 3.45. The van der Waals surface area contributed by atoms with E-state index in [9.17, 15) is 0 Å². The van der Waals surface area contributed by atoms with Crippen LogP contribution in [-0.2, 0) is 0 Å². The van der Waals surface area contributed by atoms with Crippen molar-refractivity contribution in [2.45, 2.75) is 0 Å². The Hall–Kier alpha value is -0.920. The van der Waals surface area contributed by atoms with Crippen molar-refractivity contribution >= 4 is 0 Å². The summed E-state index contributed by atoms with van der Waals surface area (Å²) in [5.41, 5.74) is 0. The molecule has 0 aromatic heterocycles. The van der Waals surface area contributed by atoms with Gasteiger partial charge in [0.2, 0.25) is 0 Å². The largest absolute Gasteiger partial charge is 0.514 e. The highest BCUT2D eigenvalue weighted by Gasteiger charge is 1.52. The van der Waals surface area contributed by atoms with Crippen LogP contribution in [0.5, 0.6) is 0 Å². The van der Waals surface area contributed by atoms with Crippen LogP contribution in [0, 0.1) is 0 Å². The van der Waals surface area contributed by atoms with Crippen LogP contribution < -0.4 is 5.32 Å². The fraction of sp³-hybridized carbons (Fsp3) is 0. The van der Waals surface area contributed by atoms with Crippen molar-refractivity contribution in [2.75, 3.05) is 0 Å². The second-order valence-electron chi connectivity index (χ2n) is 0.687. The molecule has 2 nitrogen and oxygen atoms in total. The first-order chi connectivity index (χ1) is 2.91. The van der Waals surface area contributed by atoms with Crippen molar-refractivity contribution in [3.63, 3.8) is 0 Å². The maximum absolute atomic E-state index is 7.91. The normalized spacial score (nSPS) is 8.67. The van der Waals surface area contributed by atoms with Gasteiger partial charge in [0, 0.05) is 6.20 Å². The summed E-state index contributed by atoms with van der Waals surface area (Å²) in [6, 6.07) is 0. The van der Waals surface area contributed by atoms with Crippen molar-refractivity contribution < 1.29 is 5.11 Å². The minimum atomic E-state index is 0.904. The number of aliphatic hydroxyl groups excluding tert-OH is 1. The van der Waals surface area contributed by atoms with Crippen molar-refractivity contribution in [1.29, 1.82) is 0 Å². The van der Waals surface area contributed by atoms with Gasteiger partial charge in [0.25, 0.3) is 0 Å². The first-order valence-electron chi connectivity index (χ1n) is 1.58. The third kappa shape index (κ3) is 3.08. The van der Waals surface area contributed by atoms with E-state index in [1.807, 2.05) is 0 Å². The Labute approximate surface area is 36.8 Å². The van der Waals surface area contributed by atoms with E-state index < -0.39 is 0 Å². The molecular weight excluding hydrogens is 78.0 g/mol. The van der Waals surface area contributed by atoms with Crippen LogP contribution in [0.25, 0.3) is 0 Å². The third-order valence-corrected chi connectivity index (χ3v) is 0.289. The van der Waals surface area contributed by atoms with E-state index in [2.05, 4.69) is 11.9 Å². The molecule has 0 aromatic carbocycles. The second-order valence-corrected chi connectivity index (χ2v) is 0.687. The molecule has 0 atom stereocenters. The van der Waals surface area contributed by atoms with Gasteiger partial charge in [-0.2, -0.15) is 0 Å². The lowest BCUT2D eigenvalue weighted by molar-refractivity contribution is 0.470. The van der Waals surface area contributed by atoms with Gasteiger partial charge in [-0.3, -0.25) is 0 Å². The van der Waals surface area contributed by atoms with Crippen LogP contribution in [0.1, 0.15) is 0 Å². The first-order valence-corrected chi connectivity index (χ1v) is 1.58. The molecule has 6 heavy (non-hydrogen) atoms. The quantitative estimate of drug-likeness (QED) is 0.485. The van der Waals surface area contributed by atoms with Crippen LogP contribution in [0.4, 0.5) is 0 Å². The van der Waals surface area contributed by atoms with Gasteiger partial charge < -0.3 is 10.4 Å². The van der Waals surface area contributed by atoms with Gasteiger partial charge in [-0.05, 0) is 6.20 Å². The predicted octanol–water partition coefficient (Wildman–Crippen LogP) is 0.749. The lowest BCUT2D eigenvalue weighted by Crippen LogP contribution is -1.87. The van der Waals surface area contributed by atoms with Crippen LogP contribution in [0.15, 0.2) is 25.2 Å². The van der Waals surface area contributed by atoms with Crippen molar-refractivity contribution in [3.05, 3.63) is 25.2 Å². The zero-order valence-corrected chi connectivity index (χ0v) is 3.39. The highest BCUT2D eigenvalue weighted by Crippen LogP contribution is 1.54. The number of nitrogens with one attached hydrogen (secondary N) is 1. The van der Waals surface area contributed by atoms with Crippen molar-refractivity contribution in [1.82, 2.24) is 5.32 Å². The fourth-order valence-electron chi connectivity index (χ4n) is 0.111. The second kappa shape index (κ2) is 4.08. The van der Waals surface area contributed by atoms with Gasteiger partial charge in [-0.25, -0.2) is 0 Å². The molecule has 0 heterocycles. The molecule has 0 radical (unpaired) electrons. The summed E-state index contributed by atoms with van der Waals surface area (Å²) < 4.78 is 0. The van der Waals surface area contributed by atoms with Crippen LogP contribution in [-0.4, -0.2) is 5.11 Å². The Balaban J connectivity index is 2.85. The van der Waals surface area contributed by atoms with E-state index in [1.54, 1.807) is 0 Å². The lowest BCUT2D eigenvalue weighted by atomic mass is 10.9. The predicted molar refractivity (Wildman–Crippen MR) is 25.1 cm³/mol. The maximum Gasteiger partial charge on any atom is 0.0951 e. The Morgan fingerprint density at radius 1 is 1.67 bits per heavy atom. The molecule has 2 N–H and O–H groups in total. The maximum atomic E-state index is 7.91. The Morgan fingerprint density at radius 2 is 2.33 bits per heavy atom. The molecule has 0 aliphatic rings. The molecule has 0 aliphatic carbocycles. The standard InChI is InChI=1S/C4H7NO/c1-2-5-3-4-6/h2-6H,1H2/b4-3-. The highest BCUT2D eigenvalue weighted by molar-refractivity contribution is 4.75. The summed E-state index contributed by atoms with van der Waals surface area (Å²) in [7, 11) is 0. The van der Waals surface area contributed by atoms with Crippen molar-refractivity contribution in [3.8, 4) is 0 Å². The molecule has 0 spiro atoms. The molecule has 0 amide bonds. The van der Waals surface area contributed by atoms with E-state index in [0.717, 1.165) is 6.26 Å². The fourth-order valence-corrected chi connectivity index (χ4v) is 0.111. The molecule has 2 heteroatoms. The average molecular weight is 85.1 g/mol. The molecule has 34 valence electrons. The van der Waals surface area contributed by atoms with Gasteiger partial charge in [0.1, 0.15) is 0 Å². The molecular formula is C4H7NO. The van der Waals surface area contributed by atoms with Gasteiger partial charge in [0.05, 0.1) is 6.26 Å². The van der Waals surface area contributed by atoms with Crippen LogP contribution in [0.2, 0.25) is 0 Å². The summed E-state index contributed by atoms with van der Waals surface area (Å²) in [6.07, 6.45) is 3.74. The van der Waals surface area contributed by atoms with E-state index in [-0.39, 0.29) is 0 Å². The van der Waals surface area contributed by atoms with Crippen LogP contribution in [0.3, 0.4) is 0 Å². The molecule has 0 bridgehead atoms. The molecule has 0 aliphatic heterocycles. The number of rotatable bonds is 2. The minimum Gasteiger partial charge on any atom is -0.514 e. The molecule has 0 fully saturated rings. The van der Waals surface area contributed by atoms with E-state index in [1.165, 1.54) is 12.4 Å².